The smallest absolute Gasteiger partial charge is 0.0454 e. The quantitative estimate of drug-likeness (QED) is 0.906. The SMILES string of the molecule is CN1CCC(CN(C)Cc2ccc(CN)cc2Cl)CC1. The number of benzene rings is 1. The third-order valence-corrected chi connectivity index (χ3v) is 4.55. The largest absolute Gasteiger partial charge is 0.326 e. The molecule has 0 saturated carbocycles. The van der Waals surface area contributed by atoms with Gasteiger partial charge >= 0.3 is 0 Å². The molecule has 4 heteroatoms. The summed E-state index contributed by atoms with van der Waals surface area (Å²) in [4.78, 5) is 4.80. The van der Waals surface area contributed by atoms with Crippen LogP contribution in [0.15, 0.2) is 18.2 Å². The second-order valence-corrected chi connectivity index (χ2v) is 6.48. The zero-order valence-corrected chi connectivity index (χ0v) is 13.4. The second kappa shape index (κ2) is 7.41. The molecule has 0 aromatic heterocycles. The Morgan fingerprint density at radius 2 is 2.05 bits per heavy atom. The topological polar surface area (TPSA) is 32.5 Å². The van der Waals surface area contributed by atoms with Crippen molar-refractivity contribution >= 4 is 11.6 Å². The molecule has 0 aliphatic carbocycles. The number of likely N-dealkylation sites (tertiary alicyclic amines) is 1. The third kappa shape index (κ3) is 4.45. The fourth-order valence-corrected chi connectivity index (χ4v) is 3.15. The van der Waals surface area contributed by atoms with E-state index < -0.39 is 0 Å². The van der Waals surface area contributed by atoms with Gasteiger partial charge in [0.1, 0.15) is 0 Å². The number of halogens is 1. The Hall–Kier alpha value is -0.610. The van der Waals surface area contributed by atoms with E-state index in [2.05, 4.69) is 36.0 Å². The lowest BCUT2D eigenvalue weighted by Gasteiger charge is -2.31. The molecule has 1 heterocycles. The Labute approximate surface area is 127 Å². The van der Waals surface area contributed by atoms with Crippen LogP contribution in [0.25, 0.3) is 0 Å². The van der Waals surface area contributed by atoms with Gasteiger partial charge < -0.3 is 15.5 Å². The van der Waals surface area contributed by atoms with Crippen molar-refractivity contribution < 1.29 is 0 Å². The average Bonchev–Trinajstić information content (AvgIpc) is 2.43. The van der Waals surface area contributed by atoms with Crippen molar-refractivity contribution in [3.8, 4) is 0 Å². The minimum atomic E-state index is 0.547. The highest BCUT2D eigenvalue weighted by atomic mass is 35.5. The summed E-state index contributed by atoms with van der Waals surface area (Å²) in [5.41, 5.74) is 7.92. The highest BCUT2D eigenvalue weighted by molar-refractivity contribution is 6.31. The van der Waals surface area contributed by atoms with E-state index in [1.807, 2.05) is 6.07 Å². The van der Waals surface area contributed by atoms with E-state index in [9.17, 15) is 0 Å². The Bertz CT molecular complexity index is 428. The molecule has 20 heavy (non-hydrogen) atoms. The Kier molecular flexibility index (Phi) is 5.85. The van der Waals surface area contributed by atoms with E-state index in [4.69, 9.17) is 17.3 Å². The maximum atomic E-state index is 6.33. The van der Waals surface area contributed by atoms with Gasteiger partial charge in [0.15, 0.2) is 0 Å². The molecule has 1 fully saturated rings. The predicted molar refractivity (Wildman–Crippen MR) is 85.9 cm³/mol. The van der Waals surface area contributed by atoms with Gasteiger partial charge in [-0.25, -0.2) is 0 Å². The summed E-state index contributed by atoms with van der Waals surface area (Å²) in [7, 11) is 4.39. The highest BCUT2D eigenvalue weighted by Crippen LogP contribution is 2.21. The fraction of sp³-hybridized carbons (Fsp3) is 0.625. The normalized spacial score (nSPS) is 17.9. The summed E-state index contributed by atoms with van der Waals surface area (Å²) in [5, 5.41) is 0.836. The molecule has 112 valence electrons. The number of piperidine rings is 1. The molecule has 0 radical (unpaired) electrons. The summed E-state index contributed by atoms with van der Waals surface area (Å²) in [6, 6.07) is 6.17. The molecule has 2 N–H and O–H groups in total. The van der Waals surface area contributed by atoms with Crippen LogP contribution in [0, 0.1) is 5.92 Å². The van der Waals surface area contributed by atoms with Crippen LogP contribution < -0.4 is 5.73 Å². The van der Waals surface area contributed by atoms with Crippen LogP contribution in [0.3, 0.4) is 0 Å². The van der Waals surface area contributed by atoms with Gasteiger partial charge in [-0.1, -0.05) is 23.7 Å². The van der Waals surface area contributed by atoms with Crippen molar-refractivity contribution in [1.29, 1.82) is 0 Å². The molecule has 1 aromatic carbocycles. The Balaban J connectivity index is 1.86. The molecule has 1 aromatic rings. The minimum absolute atomic E-state index is 0.547. The fourth-order valence-electron chi connectivity index (χ4n) is 2.89. The lowest BCUT2D eigenvalue weighted by Crippen LogP contribution is -2.35. The van der Waals surface area contributed by atoms with Gasteiger partial charge in [-0.3, -0.25) is 0 Å². The van der Waals surface area contributed by atoms with E-state index >= 15 is 0 Å². The number of hydrogen-bond acceptors (Lipinski definition) is 3. The third-order valence-electron chi connectivity index (χ3n) is 4.20. The van der Waals surface area contributed by atoms with Crippen molar-refractivity contribution in [2.45, 2.75) is 25.9 Å². The Morgan fingerprint density at radius 3 is 2.65 bits per heavy atom. The van der Waals surface area contributed by atoms with Crippen molar-refractivity contribution in [3.05, 3.63) is 34.3 Å². The molecule has 3 nitrogen and oxygen atoms in total. The zero-order valence-electron chi connectivity index (χ0n) is 12.6. The zero-order chi connectivity index (χ0) is 14.5. The number of rotatable bonds is 5. The molecule has 0 spiro atoms. The van der Waals surface area contributed by atoms with Gasteiger partial charge in [0, 0.05) is 24.7 Å². The van der Waals surface area contributed by atoms with Crippen LogP contribution in [0.4, 0.5) is 0 Å². The molecule has 1 saturated heterocycles. The van der Waals surface area contributed by atoms with Gasteiger partial charge in [-0.15, -0.1) is 0 Å². The lowest BCUT2D eigenvalue weighted by molar-refractivity contribution is 0.173. The maximum Gasteiger partial charge on any atom is 0.0454 e. The molecular formula is C16H26ClN3. The molecule has 0 bridgehead atoms. The average molecular weight is 296 g/mol. The van der Waals surface area contributed by atoms with Gasteiger partial charge in [0.05, 0.1) is 0 Å². The first-order valence-corrected chi connectivity index (χ1v) is 7.80. The van der Waals surface area contributed by atoms with Gasteiger partial charge in [0.25, 0.3) is 0 Å². The molecule has 1 aliphatic heterocycles. The molecular weight excluding hydrogens is 270 g/mol. The van der Waals surface area contributed by atoms with Gasteiger partial charge in [-0.05, 0) is 63.1 Å². The molecule has 0 atom stereocenters. The van der Waals surface area contributed by atoms with Crippen molar-refractivity contribution in [2.75, 3.05) is 33.7 Å². The summed E-state index contributed by atoms with van der Waals surface area (Å²) in [5.74, 6) is 0.818. The van der Waals surface area contributed by atoms with E-state index in [-0.39, 0.29) is 0 Å². The van der Waals surface area contributed by atoms with E-state index in [1.165, 1.54) is 31.5 Å². The van der Waals surface area contributed by atoms with Crippen LogP contribution in [0.5, 0.6) is 0 Å². The van der Waals surface area contributed by atoms with Gasteiger partial charge in [0.2, 0.25) is 0 Å². The molecule has 0 amide bonds. The summed E-state index contributed by atoms with van der Waals surface area (Å²) in [6.45, 7) is 5.07. The van der Waals surface area contributed by atoms with E-state index in [0.29, 0.717) is 6.54 Å². The van der Waals surface area contributed by atoms with Crippen LogP contribution in [-0.2, 0) is 13.1 Å². The van der Waals surface area contributed by atoms with E-state index in [0.717, 1.165) is 29.6 Å². The molecule has 2 rings (SSSR count). The number of hydrogen-bond donors (Lipinski definition) is 1. The second-order valence-electron chi connectivity index (χ2n) is 6.07. The van der Waals surface area contributed by atoms with E-state index in [1.54, 1.807) is 0 Å². The predicted octanol–water partition coefficient (Wildman–Crippen LogP) is 2.57. The molecule has 1 aliphatic rings. The first kappa shape index (κ1) is 15.8. The summed E-state index contributed by atoms with van der Waals surface area (Å²) >= 11 is 6.33. The van der Waals surface area contributed by atoms with Crippen LogP contribution in [0.1, 0.15) is 24.0 Å². The van der Waals surface area contributed by atoms with Crippen LogP contribution >= 0.6 is 11.6 Å². The standard InChI is InChI=1S/C16H26ClN3/c1-19-7-5-13(6-8-19)11-20(2)12-15-4-3-14(10-18)9-16(15)17/h3-4,9,13H,5-8,10-12,18H2,1-2H3. The monoisotopic (exact) mass is 295 g/mol. The van der Waals surface area contributed by atoms with Crippen molar-refractivity contribution in [3.63, 3.8) is 0 Å². The van der Waals surface area contributed by atoms with Crippen molar-refractivity contribution in [1.82, 2.24) is 9.80 Å². The first-order chi connectivity index (χ1) is 9.58. The Morgan fingerprint density at radius 1 is 1.35 bits per heavy atom. The van der Waals surface area contributed by atoms with Gasteiger partial charge in [-0.2, -0.15) is 0 Å². The number of nitrogens with two attached hydrogens (primary N) is 1. The van der Waals surface area contributed by atoms with Crippen molar-refractivity contribution in [2.24, 2.45) is 11.7 Å². The lowest BCUT2D eigenvalue weighted by atomic mass is 9.96. The van der Waals surface area contributed by atoms with Crippen LogP contribution in [0.2, 0.25) is 5.02 Å². The number of nitrogens with zero attached hydrogens (tertiary/aromatic N) is 2. The minimum Gasteiger partial charge on any atom is -0.326 e. The summed E-state index contributed by atoms with van der Waals surface area (Å²) in [6.07, 6.45) is 2.61. The maximum absolute atomic E-state index is 6.33. The highest BCUT2D eigenvalue weighted by Gasteiger charge is 2.18. The first-order valence-electron chi connectivity index (χ1n) is 7.43. The van der Waals surface area contributed by atoms with Crippen LogP contribution in [-0.4, -0.2) is 43.5 Å². The summed E-state index contributed by atoms with van der Waals surface area (Å²) < 4.78 is 0. The molecule has 0 unspecified atom stereocenters.